The molecule has 0 radical (unpaired) electrons. The minimum absolute atomic E-state index is 0.153. The van der Waals surface area contributed by atoms with Crippen LogP contribution in [0.1, 0.15) is 78.1 Å². The Morgan fingerprint density at radius 3 is 2.38 bits per heavy atom. The molecule has 3 heteroatoms. The highest BCUT2D eigenvalue weighted by Gasteiger charge is 2.57. The molecular formula is C23H40O3. The van der Waals surface area contributed by atoms with E-state index in [4.69, 9.17) is 4.74 Å². The van der Waals surface area contributed by atoms with E-state index in [0.717, 1.165) is 42.4 Å². The lowest BCUT2D eigenvalue weighted by Crippen LogP contribution is -2.48. The third-order valence-electron chi connectivity index (χ3n) is 9.51. The maximum absolute atomic E-state index is 10.9. The Kier molecular flexibility index (Phi) is 5.20. The summed E-state index contributed by atoms with van der Waals surface area (Å²) in [4.78, 5) is 0. The highest BCUT2D eigenvalue weighted by molar-refractivity contribution is 5.07. The molecule has 4 aliphatic rings. The Bertz CT molecular complexity index is 506. The molecule has 2 N–H and O–H groups in total. The Morgan fingerprint density at radius 2 is 1.65 bits per heavy atom. The van der Waals surface area contributed by atoms with E-state index in [-0.39, 0.29) is 6.10 Å². The van der Waals surface area contributed by atoms with Gasteiger partial charge in [0.2, 0.25) is 0 Å². The lowest BCUT2D eigenvalue weighted by molar-refractivity contribution is -0.0720. The zero-order valence-corrected chi connectivity index (χ0v) is 17.1. The molecule has 0 aromatic heterocycles. The Hall–Kier alpha value is -0.120. The summed E-state index contributed by atoms with van der Waals surface area (Å²) < 4.78 is 5.33. The summed E-state index contributed by atoms with van der Waals surface area (Å²) in [5.41, 5.74) is -0.223. The van der Waals surface area contributed by atoms with E-state index in [0.29, 0.717) is 17.9 Å². The number of aliphatic hydroxyl groups excluding tert-OH is 1. The van der Waals surface area contributed by atoms with E-state index in [1.165, 1.54) is 51.4 Å². The number of methoxy groups -OCH3 is 1. The second-order valence-corrected chi connectivity index (χ2v) is 10.6. The van der Waals surface area contributed by atoms with Gasteiger partial charge in [-0.3, -0.25) is 0 Å². The van der Waals surface area contributed by atoms with Gasteiger partial charge in [-0.15, -0.1) is 0 Å². The van der Waals surface area contributed by atoms with Gasteiger partial charge in [0.25, 0.3) is 0 Å². The first kappa shape index (κ1) is 19.2. The van der Waals surface area contributed by atoms with Gasteiger partial charge in [0.15, 0.2) is 0 Å². The maximum Gasteiger partial charge on any atom is 0.0880 e. The van der Waals surface area contributed by atoms with Crippen molar-refractivity contribution in [3.05, 3.63) is 0 Å². The summed E-state index contributed by atoms with van der Waals surface area (Å²) in [7, 11) is 1.71. The maximum atomic E-state index is 10.9. The fourth-order valence-electron chi connectivity index (χ4n) is 8.30. The Morgan fingerprint density at radius 1 is 0.923 bits per heavy atom. The van der Waals surface area contributed by atoms with Crippen LogP contribution in [0.4, 0.5) is 0 Å². The number of aliphatic hydroxyl groups is 2. The number of ether oxygens (including phenoxy) is 1. The lowest BCUT2D eigenvalue weighted by Gasteiger charge is -2.55. The van der Waals surface area contributed by atoms with Crippen LogP contribution in [0.5, 0.6) is 0 Å². The third kappa shape index (κ3) is 3.06. The molecule has 0 aliphatic heterocycles. The van der Waals surface area contributed by atoms with Crippen LogP contribution in [0, 0.1) is 40.9 Å². The predicted octanol–water partition coefficient (Wildman–Crippen LogP) is 4.40. The first-order valence-corrected chi connectivity index (χ1v) is 11.3. The first-order chi connectivity index (χ1) is 12.4. The molecule has 0 bridgehead atoms. The van der Waals surface area contributed by atoms with Crippen molar-refractivity contribution in [2.45, 2.75) is 89.8 Å². The molecule has 0 amide bonds. The van der Waals surface area contributed by atoms with E-state index in [1.54, 1.807) is 7.11 Å². The van der Waals surface area contributed by atoms with Crippen LogP contribution in [0.2, 0.25) is 0 Å². The minimum atomic E-state index is -0.588. The Balaban J connectivity index is 1.51. The van der Waals surface area contributed by atoms with Crippen molar-refractivity contribution >= 4 is 0 Å². The molecule has 4 rings (SSSR count). The number of rotatable bonds is 3. The van der Waals surface area contributed by atoms with Crippen molar-refractivity contribution < 1.29 is 14.9 Å². The molecule has 0 aromatic rings. The average molecular weight is 365 g/mol. The van der Waals surface area contributed by atoms with E-state index >= 15 is 0 Å². The zero-order chi connectivity index (χ0) is 18.5. The SMILES string of the molecule is COC[C@@]1(O)CC[C@H]2CC[C@@H]3[C@H](CC[C@]4(C)[C@@H](C(C)O)CC[C@@H]34)[C@H]2CC1. The molecule has 0 saturated heterocycles. The zero-order valence-electron chi connectivity index (χ0n) is 17.1. The molecule has 3 nitrogen and oxygen atoms in total. The summed E-state index contributed by atoms with van der Waals surface area (Å²) in [6, 6.07) is 0. The molecular weight excluding hydrogens is 324 g/mol. The monoisotopic (exact) mass is 364 g/mol. The van der Waals surface area contributed by atoms with Crippen LogP contribution in [0.15, 0.2) is 0 Å². The molecule has 1 unspecified atom stereocenters. The van der Waals surface area contributed by atoms with Gasteiger partial charge < -0.3 is 14.9 Å². The number of hydrogen-bond donors (Lipinski definition) is 2. The van der Waals surface area contributed by atoms with Crippen molar-refractivity contribution in [3.63, 3.8) is 0 Å². The second kappa shape index (κ2) is 7.04. The molecule has 0 spiro atoms. The van der Waals surface area contributed by atoms with Gasteiger partial charge in [0.1, 0.15) is 0 Å². The van der Waals surface area contributed by atoms with E-state index in [1.807, 2.05) is 6.92 Å². The van der Waals surface area contributed by atoms with Crippen molar-refractivity contribution in [2.75, 3.05) is 13.7 Å². The number of fused-ring (bicyclic) bond motifs is 5. The van der Waals surface area contributed by atoms with Gasteiger partial charge in [-0.2, -0.15) is 0 Å². The van der Waals surface area contributed by atoms with Gasteiger partial charge in [-0.1, -0.05) is 6.92 Å². The van der Waals surface area contributed by atoms with Crippen LogP contribution >= 0.6 is 0 Å². The molecule has 0 aromatic carbocycles. The van der Waals surface area contributed by atoms with Gasteiger partial charge in [0.05, 0.1) is 18.3 Å². The third-order valence-corrected chi connectivity index (χ3v) is 9.51. The normalized spacial score (nSPS) is 52.5. The molecule has 4 saturated carbocycles. The van der Waals surface area contributed by atoms with Gasteiger partial charge in [-0.25, -0.2) is 0 Å². The summed E-state index contributed by atoms with van der Waals surface area (Å²) in [6.45, 7) is 5.01. The van der Waals surface area contributed by atoms with E-state index in [2.05, 4.69) is 6.92 Å². The molecule has 9 atom stereocenters. The molecule has 4 aliphatic carbocycles. The van der Waals surface area contributed by atoms with Crippen LogP contribution in [0.3, 0.4) is 0 Å². The van der Waals surface area contributed by atoms with Gasteiger partial charge in [-0.05, 0) is 112 Å². The predicted molar refractivity (Wildman–Crippen MR) is 104 cm³/mol. The Labute approximate surface area is 159 Å². The van der Waals surface area contributed by atoms with Crippen LogP contribution in [-0.4, -0.2) is 35.6 Å². The number of hydrogen-bond acceptors (Lipinski definition) is 3. The molecule has 150 valence electrons. The highest BCUT2D eigenvalue weighted by Crippen LogP contribution is 2.64. The molecule has 26 heavy (non-hydrogen) atoms. The minimum Gasteiger partial charge on any atom is -0.393 e. The van der Waals surface area contributed by atoms with Gasteiger partial charge in [0, 0.05) is 7.11 Å². The summed E-state index contributed by atoms with van der Waals surface area (Å²) >= 11 is 0. The topological polar surface area (TPSA) is 49.7 Å². The fraction of sp³-hybridized carbons (Fsp3) is 1.00. The fourth-order valence-corrected chi connectivity index (χ4v) is 8.30. The van der Waals surface area contributed by atoms with E-state index in [9.17, 15) is 10.2 Å². The second-order valence-electron chi connectivity index (χ2n) is 10.6. The molecule has 0 heterocycles. The largest absolute Gasteiger partial charge is 0.393 e. The van der Waals surface area contributed by atoms with Crippen LogP contribution in [-0.2, 0) is 4.74 Å². The quantitative estimate of drug-likeness (QED) is 0.780. The highest BCUT2D eigenvalue weighted by atomic mass is 16.5. The van der Waals surface area contributed by atoms with Crippen molar-refractivity contribution in [1.82, 2.24) is 0 Å². The summed E-state index contributed by atoms with van der Waals surface area (Å²) in [5, 5.41) is 21.3. The smallest absolute Gasteiger partial charge is 0.0880 e. The standard InChI is InChI=1S/C23H40O3/c1-15(24)20-6-7-21-19-5-4-16-8-12-23(25,14-26-3)13-10-17(16)18(19)9-11-22(20,21)2/h15-21,24-25H,4-14H2,1-3H3/t15?,16-,17+,18-,19-,20-,21+,22-,23-/m1/s1. The van der Waals surface area contributed by atoms with Crippen LogP contribution < -0.4 is 0 Å². The van der Waals surface area contributed by atoms with Crippen molar-refractivity contribution in [3.8, 4) is 0 Å². The van der Waals surface area contributed by atoms with Crippen molar-refractivity contribution in [2.24, 2.45) is 40.9 Å². The van der Waals surface area contributed by atoms with Gasteiger partial charge >= 0.3 is 0 Å². The van der Waals surface area contributed by atoms with E-state index < -0.39 is 5.60 Å². The molecule has 4 fully saturated rings. The van der Waals surface area contributed by atoms with Crippen molar-refractivity contribution in [1.29, 1.82) is 0 Å². The summed E-state index contributed by atoms with van der Waals surface area (Å²) in [5.74, 6) is 4.70. The summed E-state index contributed by atoms with van der Waals surface area (Å²) in [6.07, 6.45) is 12.0. The first-order valence-electron chi connectivity index (χ1n) is 11.3. The lowest BCUT2D eigenvalue weighted by atomic mass is 9.50. The average Bonchev–Trinajstić information content (AvgIpc) is 2.87. The van der Waals surface area contributed by atoms with Crippen LogP contribution in [0.25, 0.3) is 0 Å².